The summed E-state index contributed by atoms with van der Waals surface area (Å²) in [6, 6.07) is 5.35. The van der Waals surface area contributed by atoms with Gasteiger partial charge < -0.3 is 20.2 Å². The van der Waals surface area contributed by atoms with Gasteiger partial charge in [-0.2, -0.15) is 0 Å². The molecular weight excluding hydrogens is 314 g/mol. The normalized spacial score (nSPS) is 21.6. The first-order chi connectivity index (χ1) is 10.9. The van der Waals surface area contributed by atoms with E-state index in [2.05, 4.69) is 10.2 Å². The van der Waals surface area contributed by atoms with Crippen LogP contribution in [0.1, 0.15) is 18.4 Å². The van der Waals surface area contributed by atoms with E-state index in [1.165, 1.54) is 0 Å². The SMILES string of the molecule is Cc1c(Cl)cccc1NC(=O)N1CCCC(CO)(CN(C)C)C1. The van der Waals surface area contributed by atoms with Crippen molar-refractivity contribution in [1.29, 1.82) is 0 Å². The number of urea groups is 1. The van der Waals surface area contributed by atoms with Crippen molar-refractivity contribution in [1.82, 2.24) is 9.80 Å². The maximum absolute atomic E-state index is 12.6. The Balaban J connectivity index is 2.08. The maximum Gasteiger partial charge on any atom is 0.321 e. The third-order valence-electron chi connectivity index (χ3n) is 4.44. The van der Waals surface area contributed by atoms with E-state index in [0.717, 1.165) is 30.6 Å². The molecule has 1 unspecified atom stereocenters. The molecule has 0 aromatic heterocycles. The van der Waals surface area contributed by atoms with Crippen molar-refractivity contribution in [2.24, 2.45) is 5.41 Å². The Kier molecular flexibility index (Phi) is 5.89. The molecule has 0 bridgehead atoms. The first-order valence-corrected chi connectivity index (χ1v) is 8.31. The van der Waals surface area contributed by atoms with Crippen LogP contribution in [0.4, 0.5) is 10.5 Å². The van der Waals surface area contributed by atoms with Crippen molar-refractivity contribution in [2.45, 2.75) is 19.8 Å². The molecule has 128 valence electrons. The number of nitrogens with zero attached hydrogens (tertiary/aromatic N) is 2. The summed E-state index contributed by atoms with van der Waals surface area (Å²) in [6.45, 7) is 4.01. The van der Waals surface area contributed by atoms with E-state index in [1.807, 2.05) is 33.2 Å². The Morgan fingerprint density at radius 2 is 2.22 bits per heavy atom. The summed E-state index contributed by atoms with van der Waals surface area (Å²) >= 11 is 6.10. The first-order valence-electron chi connectivity index (χ1n) is 7.93. The zero-order valence-electron chi connectivity index (χ0n) is 14.1. The summed E-state index contributed by atoms with van der Waals surface area (Å²) in [5, 5.41) is 13.4. The Morgan fingerprint density at radius 3 is 2.87 bits per heavy atom. The zero-order chi connectivity index (χ0) is 17.0. The Morgan fingerprint density at radius 1 is 1.48 bits per heavy atom. The smallest absolute Gasteiger partial charge is 0.321 e. The van der Waals surface area contributed by atoms with Crippen molar-refractivity contribution in [3.05, 3.63) is 28.8 Å². The number of aliphatic hydroxyl groups is 1. The number of benzene rings is 1. The molecule has 0 spiro atoms. The van der Waals surface area contributed by atoms with E-state index in [4.69, 9.17) is 11.6 Å². The zero-order valence-corrected chi connectivity index (χ0v) is 14.9. The molecule has 2 rings (SSSR count). The molecule has 2 amide bonds. The van der Waals surface area contributed by atoms with Crippen LogP contribution < -0.4 is 5.32 Å². The van der Waals surface area contributed by atoms with Gasteiger partial charge in [-0.15, -0.1) is 0 Å². The predicted molar refractivity (Wildman–Crippen MR) is 94.1 cm³/mol. The second-order valence-electron chi connectivity index (χ2n) is 6.76. The molecular formula is C17H26ClN3O2. The Hall–Kier alpha value is -1.30. The van der Waals surface area contributed by atoms with Crippen LogP contribution >= 0.6 is 11.6 Å². The number of halogens is 1. The van der Waals surface area contributed by atoms with Crippen LogP contribution in [0, 0.1) is 12.3 Å². The van der Waals surface area contributed by atoms with Crippen LogP contribution in [0.2, 0.25) is 5.02 Å². The van der Waals surface area contributed by atoms with Gasteiger partial charge in [0.05, 0.1) is 6.61 Å². The maximum atomic E-state index is 12.6. The lowest BCUT2D eigenvalue weighted by atomic mass is 9.80. The molecule has 1 aliphatic heterocycles. The third kappa shape index (κ3) is 4.37. The number of rotatable bonds is 4. The van der Waals surface area contributed by atoms with Crippen LogP contribution in [0.25, 0.3) is 0 Å². The standard InChI is InChI=1S/C17H26ClN3O2/c1-13-14(18)6-4-7-15(13)19-16(23)21-9-5-8-17(11-21,12-22)10-20(2)3/h4,6-7,22H,5,8-12H2,1-3H3,(H,19,23). The van der Waals surface area contributed by atoms with Gasteiger partial charge in [-0.3, -0.25) is 0 Å². The van der Waals surface area contributed by atoms with E-state index in [1.54, 1.807) is 11.0 Å². The number of nitrogens with one attached hydrogen (secondary N) is 1. The number of aliphatic hydroxyl groups excluding tert-OH is 1. The molecule has 5 nitrogen and oxygen atoms in total. The highest BCUT2D eigenvalue weighted by Crippen LogP contribution is 2.31. The molecule has 0 saturated carbocycles. The van der Waals surface area contributed by atoms with E-state index < -0.39 is 0 Å². The molecule has 1 aliphatic rings. The predicted octanol–water partition coefficient (Wildman–Crippen LogP) is 2.82. The second-order valence-corrected chi connectivity index (χ2v) is 7.17. The van der Waals surface area contributed by atoms with Crippen molar-refractivity contribution in [3.63, 3.8) is 0 Å². The Bertz CT molecular complexity index is 565. The lowest BCUT2D eigenvalue weighted by Crippen LogP contribution is -2.52. The minimum atomic E-state index is -0.248. The fourth-order valence-corrected chi connectivity index (χ4v) is 3.47. The van der Waals surface area contributed by atoms with Crippen molar-refractivity contribution in [2.75, 3.05) is 45.7 Å². The quantitative estimate of drug-likeness (QED) is 0.887. The van der Waals surface area contributed by atoms with Crippen LogP contribution in [-0.4, -0.2) is 61.3 Å². The minimum Gasteiger partial charge on any atom is -0.396 e. The fraction of sp³-hybridized carbons (Fsp3) is 0.588. The number of likely N-dealkylation sites (tertiary alicyclic amines) is 1. The molecule has 1 atom stereocenters. The van der Waals surface area contributed by atoms with Gasteiger partial charge in [0.25, 0.3) is 0 Å². The lowest BCUT2D eigenvalue weighted by molar-refractivity contribution is 0.0294. The summed E-state index contributed by atoms with van der Waals surface area (Å²) in [5.74, 6) is 0. The van der Waals surface area contributed by atoms with Gasteiger partial charge in [0.2, 0.25) is 0 Å². The third-order valence-corrected chi connectivity index (χ3v) is 4.85. The average Bonchev–Trinajstić information content (AvgIpc) is 2.51. The second kappa shape index (κ2) is 7.51. The van der Waals surface area contributed by atoms with E-state index >= 15 is 0 Å². The summed E-state index contributed by atoms with van der Waals surface area (Å²) in [4.78, 5) is 16.5. The van der Waals surface area contributed by atoms with Gasteiger partial charge >= 0.3 is 6.03 Å². The molecule has 1 aromatic rings. The first kappa shape index (κ1) is 18.0. The van der Waals surface area contributed by atoms with Crippen LogP contribution in [0.3, 0.4) is 0 Å². The molecule has 2 N–H and O–H groups in total. The van der Waals surface area contributed by atoms with Gasteiger partial charge in [0.1, 0.15) is 0 Å². The van der Waals surface area contributed by atoms with Crippen molar-refractivity contribution < 1.29 is 9.90 Å². The number of piperidine rings is 1. The van der Waals surface area contributed by atoms with Crippen LogP contribution in [0.15, 0.2) is 18.2 Å². The highest BCUT2D eigenvalue weighted by molar-refractivity contribution is 6.31. The number of anilines is 1. The molecule has 23 heavy (non-hydrogen) atoms. The van der Waals surface area contributed by atoms with Gasteiger partial charge in [-0.1, -0.05) is 17.7 Å². The number of hydrogen-bond acceptors (Lipinski definition) is 3. The molecule has 0 aliphatic carbocycles. The van der Waals surface area contributed by atoms with Crippen LogP contribution in [0.5, 0.6) is 0 Å². The van der Waals surface area contributed by atoms with Gasteiger partial charge in [0, 0.05) is 35.8 Å². The van der Waals surface area contributed by atoms with Gasteiger partial charge in [0.15, 0.2) is 0 Å². The van der Waals surface area contributed by atoms with E-state index in [9.17, 15) is 9.90 Å². The van der Waals surface area contributed by atoms with Gasteiger partial charge in [-0.05, 0) is 51.6 Å². The summed E-state index contributed by atoms with van der Waals surface area (Å²) in [5.41, 5.74) is 1.35. The molecule has 1 heterocycles. The van der Waals surface area contributed by atoms with E-state index in [-0.39, 0.29) is 18.1 Å². The number of carbonyl (C=O) groups is 1. The molecule has 1 saturated heterocycles. The molecule has 1 aromatic carbocycles. The van der Waals surface area contributed by atoms with Crippen molar-refractivity contribution >= 4 is 23.3 Å². The van der Waals surface area contributed by atoms with E-state index in [0.29, 0.717) is 18.1 Å². The number of hydrogen-bond donors (Lipinski definition) is 2. The molecule has 1 fully saturated rings. The summed E-state index contributed by atoms with van der Waals surface area (Å²) in [6.07, 6.45) is 1.83. The summed E-state index contributed by atoms with van der Waals surface area (Å²) in [7, 11) is 3.98. The molecule has 6 heteroatoms. The number of carbonyl (C=O) groups excluding carboxylic acids is 1. The summed E-state index contributed by atoms with van der Waals surface area (Å²) < 4.78 is 0. The minimum absolute atomic E-state index is 0.0884. The fourth-order valence-electron chi connectivity index (χ4n) is 3.30. The van der Waals surface area contributed by atoms with Crippen LogP contribution in [-0.2, 0) is 0 Å². The largest absolute Gasteiger partial charge is 0.396 e. The highest BCUT2D eigenvalue weighted by atomic mass is 35.5. The number of amides is 2. The van der Waals surface area contributed by atoms with Crippen molar-refractivity contribution in [3.8, 4) is 0 Å². The monoisotopic (exact) mass is 339 g/mol. The Labute approximate surface area is 143 Å². The van der Waals surface area contributed by atoms with Gasteiger partial charge in [-0.25, -0.2) is 4.79 Å². The lowest BCUT2D eigenvalue weighted by Gasteiger charge is -2.43. The highest BCUT2D eigenvalue weighted by Gasteiger charge is 2.37. The topological polar surface area (TPSA) is 55.8 Å². The average molecular weight is 340 g/mol. The molecule has 0 radical (unpaired) electrons.